The highest BCUT2D eigenvalue weighted by Crippen LogP contribution is 2.18. The monoisotopic (exact) mass is 288 g/mol. The molecule has 1 atom stereocenters. The fourth-order valence-electron chi connectivity index (χ4n) is 2.00. The van der Waals surface area contributed by atoms with Gasteiger partial charge in [-0.3, -0.25) is 0 Å². The Labute approximate surface area is 124 Å². The lowest BCUT2D eigenvalue weighted by atomic mass is 10.1. The van der Waals surface area contributed by atoms with Crippen LogP contribution in [0, 0.1) is 6.92 Å². The Morgan fingerprint density at radius 3 is 2.81 bits per heavy atom. The SMILES string of the molecule is Cc1occc1CN(C)C(=O)Nc1cccc(C(C)O)c1. The van der Waals surface area contributed by atoms with Crippen molar-refractivity contribution in [2.75, 3.05) is 12.4 Å². The van der Waals surface area contributed by atoms with Crippen LogP contribution in [0.25, 0.3) is 0 Å². The smallest absolute Gasteiger partial charge is 0.321 e. The predicted octanol–water partition coefficient (Wildman–Crippen LogP) is 3.31. The standard InChI is InChI=1S/C16H20N2O3/c1-11(19)13-5-4-6-15(9-13)17-16(20)18(3)10-14-7-8-21-12(14)2/h4-9,11,19H,10H2,1-3H3,(H,17,20). The highest BCUT2D eigenvalue weighted by atomic mass is 16.3. The van der Waals surface area contributed by atoms with Gasteiger partial charge in [0.15, 0.2) is 0 Å². The van der Waals surface area contributed by atoms with Crippen LogP contribution in [0.5, 0.6) is 0 Å². The summed E-state index contributed by atoms with van der Waals surface area (Å²) in [6.45, 7) is 4.03. The van der Waals surface area contributed by atoms with Gasteiger partial charge in [-0.25, -0.2) is 4.79 Å². The van der Waals surface area contributed by atoms with Gasteiger partial charge in [-0.1, -0.05) is 12.1 Å². The minimum Gasteiger partial charge on any atom is -0.469 e. The van der Waals surface area contributed by atoms with E-state index >= 15 is 0 Å². The molecule has 0 saturated carbocycles. The van der Waals surface area contributed by atoms with E-state index in [0.29, 0.717) is 12.2 Å². The summed E-state index contributed by atoms with van der Waals surface area (Å²) in [6, 6.07) is 8.82. The van der Waals surface area contributed by atoms with Crippen LogP contribution in [0.2, 0.25) is 0 Å². The number of aryl methyl sites for hydroxylation is 1. The largest absolute Gasteiger partial charge is 0.469 e. The Kier molecular flexibility index (Phi) is 4.65. The number of aliphatic hydroxyl groups excluding tert-OH is 1. The number of anilines is 1. The van der Waals surface area contributed by atoms with Crippen LogP contribution in [-0.4, -0.2) is 23.1 Å². The van der Waals surface area contributed by atoms with Crippen molar-refractivity contribution >= 4 is 11.7 Å². The number of rotatable bonds is 4. The molecule has 2 aromatic rings. The summed E-state index contributed by atoms with van der Waals surface area (Å²) in [5, 5.41) is 12.4. The maximum atomic E-state index is 12.2. The number of urea groups is 1. The van der Waals surface area contributed by atoms with Crippen molar-refractivity contribution in [1.82, 2.24) is 4.90 Å². The Morgan fingerprint density at radius 1 is 1.43 bits per heavy atom. The highest BCUT2D eigenvalue weighted by Gasteiger charge is 2.12. The number of benzene rings is 1. The summed E-state index contributed by atoms with van der Waals surface area (Å²) in [6.07, 6.45) is 1.05. The summed E-state index contributed by atoms with van der Waals surface area (Å²) < 4.78 is 5.22. The number of furan rings is 1. The Hall–Kier alpha value is -2.27. The second kappa shape index (κ2) is 6.45. The Bertz CT molecular complexity index is 619. The van der Waals surface area contributed by atoms with E-state index in [0.717, 1.165) is 16.9 Å². The Balaban J connectivity index is 2.00. The van der Waals surface area contributed by atoms with Crippen LogP contribution in [-0.2, 0) is 6.54 Å². The van der Waals surface area contributed by atoms with E-state index in [9.17, 15) is 9.90 Å². The summed E-state index contributed by atoms with van der Waals surface area (Å²) in [7, 11) is 1.72. The average Bonchev–Trinajstić information content (AvgIpc) is 2.84. The number of carbonyl (C=O) groups is 1. The first-order chi connectivity index (χ1) is 9.97. The van der Waals surface area contributed by atoms with Gasteiger partial charge in [-0.05, 0) is 37.6 Å². The van der Waals surface area contributed by atoms with E-state index in [1.807, 2.05) is 19.1 Å². The minimum absolute atomic E-state index is 0.210. The molecule has 1 heterocycles. The number of hydrogen-bond acceptors (Lipinski definition) is 3. The number of carbonyl (C=O) groups excluding carboxylic acids is 1. The lowest BCUT2D eigenvalue weighted by Gasteiger charge is -2.18. The molecule has 0 saturated heterocycles. The van der Waals surface area contributed by atoms with Gasteiger partial charge in [0.25, 0.3) is 0 Å². The zero-order chi connectivity index (χ0) is 15.4. The summed E-state index contributed by atoms with van der Waals surface area (Å²) in [5.41, 5.74) is 2.40. The first-order valence-electron chi connectivity index (χ1n) is 6.80. The van der Waals surface area contributed by atoms with Crippen molar-refractivity contribution in [2.24, 2.45) is 0 Å². The minimum atomic E-state index is -0.562. The molecule has 2 rings (SSSR count). The number of aliphatic hydroxyl groups is 1. The third-order valence-electron chi connectivity index (χ3n) is 3.34. The van der Waals surface area contributed by atoms with Gasteiger partial charge in [0, 0.05) is 18.3 Å². The van der Waals surface area contributed by atoms with Crippen molar-refractivity contribution in [3.63, 3.8) is 0 Å². The summed E-state index contributed by atoms with van der Waals surface area (Å²) in [4.78, 5) is 13.7. The van der Waals surface area contributed by atoms with Crippen molar-refractivity contribution in [2.45, 2.75) is 26.5 Å². The number of nitrogens with one attached hydrogen (secondary N) is 1. The van der Waals surface area contributed by atoms with Gasteiger partial charge >= 0.3 is 6.03 Å². The summed E-state index contributed by atoms with van der Waals surface area (Å²) >= 11 is 0. The maximum absolute atomic E-state index is 12.2. The van der Waals surface area contributed by atoms with Crippen LogP contribution < -0.4 is 5.32 Å². The molecule has 112 valence electrons. The van der Waals surface area contributed by atoms with Gasteiger partial charge in [-0.2, -0.15) is 0 Å². The van der Waals surface area contributed by atoms with E-state index in [2.05, 4.69) is 5.32 Å². The third kappa shape index (κ3) is 3.86. The lowest BCUT2D eigenvalue weighted by molar-refractivity contribution is 0.199. The fourth-order valence-corrected chi connectivity index (χ4v) is 2.00. The zero-order valence-corrected chi connectivity index (χ0v) is 12.5. The van der Waals surface area contributed by atoms with E-state index < -0.39 is 6.10 Å². The molecule has 0 fully saturated rings. The van der Waals surface area contributed by atoms with E-state index in [1.54, 1.807) is 43.3 Å². The van der Waals surface area contributed by atoms with Crippen molar-refractivity contribution in [1.29, 1.82) is 0 Å². The number of amides is 2. The molecule has 0 aliphatic rings. The van der Waals surface area contributed by atoms with E-state index in [1.165, 1.54) is 0 Å². The molecule has 1 unspecified atom stereocenters. The first kappa shape index (κ1) is 15.1. The molecule has 0 bridgehead atoms. The molecule has 1 aromatic carbocycles. The molecule has 0 radical (unpaired) electrons. The van der Waals surface area contributed by atoms with Gasteiger partial charge in [-0.15, -0.1) is 0 Å². The van der Waals surface area contributed by atoms with Gasteiger partial charge < -0.3 is 19.7 Å². The van der Waals surface area contributed by atoms with Crippen molar-refractivity contribution in [3.05, 3.63) is 53.5 Å². The lowest BCUT2D eigenvalue weighted by Crippen LogP contribution is -2.30. The topological polar surface area (TPSA) is 65.7 Å². The molecule has 0 spiro atoms. The Morgan fingerprint density at radius 2 is 2.19 bits per heavy atom. The average molecular weight is 288 g/mol. The van der Waals surface area contributed by atoms with E-state index in [4.69, 9.17) is 4.42 Å². The molecule has 21 heavy (non-hydrogen) atoms. The normalized spacial score (nSPS) is 12.0. The van der Waals surface area contributed by atoms with Crippen LogP contribution in [0.1, 0.15) is 29.9 Å². The third-order valence-corrected chi connectivity index (χ3v) is 3.34. The van der Waals surface area contributed by atoms with Crippen LogP contribution >= 0.6 is 0 Å². The van der Waals surface area contributed by atoms with Crippen molar-refractivity contribution < 1.29 is 14.3 Å². The number of nitrogens with zero attached hydrogens (tertiary/aromatic N) is 1. The molecule has 2 N–H and O–H groups in total. The molecular formula is C16H20N2O3. The molecule has 5 heteroatoms. The second-order valence-corrected chi connectivity index (χ2v) is 5.09. The summed E-state index contributed by atoms with van der Waals surface area (Å²) in [5.74, 6) is 0.811. The van der Waals surface area contributed by atoms with Gasteiger partial charge in [0.2, 0.25) is 0 Å². The maximum Gasteiger partial charge on any atom is 0.321 e. The molecule has 0 aliphatic carbocycles. The quantitative estimate of drug-likeness (QED) is 0.907. The molecule has 2 amide bonds. The zero-order valence-electron chi connectivity index (χ0n) is 12.5. The number of hydrogen-bond donors (Lipinski definition) is 2. The second-order valence-electron chi connectivity index (χ2n) is 5.09. The molecule has 1 aromatic heterocycles. The fraction of sp³-hybridized carbons (Fsp3) is 0.312. The van der Waals surface area contributed by atoms with E-state index in [-0.39, 0.29) is 6.03 Å². The first-order valence-corrected chi connectivity index (χ1v) is 6.80. The van der Waals surface area contributed by atoms with Crippen molar-refractivity contribution in [3.8, 4) is 0 Å². The molecular weight excluding hydrogens is 268 g/mol. The van der Waals surface area contributed by atoms with Crippen LogP contribution in [0.4, 0.5) is 10.5 Å². The molecule has 5 nitrogen and oxygen atoms in total. The van der Waals surface area contributed by atoms with Crippen LogP contribution in [0.15, 0.2) is 41.0 Å². The highest BCUT2D eigenvalue weighted by molar-refractivity contribution is 5.89. The van der Waals surface area contributed by atoms with Crippen LogP contribution in [0.3, 0.4) is 0 Å². The van der Waals surface area contributed by atoms with Gasteiger partial charge in [0.05, 0.1) is 18.9 Å². The predicted molar refractivity (Wildman–Crippen MR) is 81.0 cm³/mol. The molecule has 0 aliphatic heterocycles. The van der Waals surface area contributed by atoms with Gasteiger partial charge in [0.1, 0.15) is 5.76 Å².